The summed E-state index contributed by atoms with van der Waals surface area (Å²) in [6, 6.07) is 4.52. The van der Waals surface area contributed by atoms with Gasteiger partial charge in [0.05, 0.1) is 26.9 Å². The molecule has 0 atom stereocenters. The lowest BCUT2D eigenvalue weighted by Crippen LogP contribution is -2.46. The molecule has 7 nitrogen and oxygen atoms in total. The zero-order valence-corrected chi connectivity index (χ0v) is 18.2. The van der Waals surface area contributed by atoms with Crippen LogP contribution in [0.15, 0.2) is 0 Å². The summed E-state index contributed by atoms with van der Waals surface area (Å²) >= 11 is 12.6. The van der Waals surface area contributed by atoms with Crippen LogP contribution < -0.4 is 11.3 Å². The maximum Gasteiger partial charge on any atom is 0.500 e. The number of nitrogens with one attached hydrogen (secondary N) is 1. The zero-order valence-electron chi connectivity index (χ0n) is 15.7. The molecule has 0 saturated heterocycles. The molecule has 0 aliphatic carbocycles. The highest BCUT2D eigenvalue weighted by Crippen LogP contribution is 2.39. The molecule has 10 heteroatoms. The number of hydrogen-bond acceptors (Lipinski definition) is 7. The molecule has 0 spiro atoms. The van der Waals surface area contributed by atoms with Crippen LogP contribution in [0.5, 0.6) is 0 Å². The fourth-order valence-corrected chi connectivity index (χ4v) is 6.06. The van der Waals surface area contributed by atoms with Crippen LogP contribution in [-0.2, 0) is 19.7 Å². The molecule has 0 bridgehead atoms. The molecule has 0 radical (unpaired) electrons. The van der Waals surface area contributed by atoms with E-state index in [1.165, 1.54) is 0 Å². The predicted octanol–water partition coefficient (Wildman–Crippen LogP) is 4.00. The molecule has 0 fully saturated rings. The molecule has 27 heavy (non-hydrogen) atoms. The van der Waals surface area contributed by atoms with Crippen LogP contribution in [0.2, 0.25) is 16.1 Å². The lowest BCUT2D eigenvalue weighted by molar-refractivity contribution is 0.0708. The first-order valence-electron chi connectivity index (χ1n) is 8.67. The van der Waals surface area contributed by atoms with Gasteiger partial charge in [-0.25, -0.2) is 0 Å². The molecule has 0 unspecified atom stereocenters. The van der Waals surface area contributed by atoms with Crippen molar-refractivity contribution in [3.8, 4) is 12.1 Å². The van der Waals surface area contributed by atoms with Gasteiger partial charge in [0, 0.05) is 25.9 Å². The Morgan fingerprint density at radius 3 is 1.89 bits per heavy atom. The highest BCUT2D eigenvalue weighted by atomic mass is 35.5. The third-order valence-corrected chi connectivity index (χ3v) is 7.79. The summed E-state index contributed by atoms with van der Waals surface area (Å²) in [5.74, 6) is 5.49. The Hall–Kier alpha value is -1.36. The molecule has 0 aromatic heterocycles. The number of nitriles is 2. The van der Waals surface area contributed by atoms with E-state index >= 15 is 0 Å². The van der Waals surface area contributed by atoms with Gasteiger partial charge in [0.2, 0.25) is 0 Å². The topological polar surface area (TPSA) is 113 Å². The second-order valence-corrected chi connectivity index (χ2v) is 8.92. The number of nitrogens with zero attached hydrogens (tertiary/aromatic N) is 2. The largest absolute Gasteiger partial charge is 0.500 e. The van der Waals surface area contributed by atoms with Crippen LogP contribution >= 0.6 is 23.2 Å². The minimum absolute atomic E-state index is 0.0373. The third-order valence-electron chi connectivity index (χ3n) is 3.85. The highest BCUT2D eigenvalue weighted by molar-refractivity contribution is 6.60. The molecule has 1 rings (SSSR count). The average molecular weight is 431 g/mol. The number of anilines is 1. The lowest BCUT2D eigenvalue weighted by Gasteiger charge is -2.28. The molecular formula is C17H24Cl2N4O3Si. The van der Waals surface area contributed by atoms with Gasteiger partial charge >= 0.3 is 8.80 Å². The van der Waals surface area contributed by atoms with Crippen molar-refractivity contribution >= 4 is 37.7 Å². The van der Waals surface area contributed by atoms with Crippen molar-refractivity contribution in [1.82, 2.24) is 0 Å². The van der Waals surface area contributed by atoms with E-state index in [9.17, 15) is 10.5 Å². The summed E-state index contributed by atoms with van der Waals surface area (Å²) in [4.78, 5) is 0. The van der Waals surface area contributed by atoms with Crippen LogP contribution in [-0.4, -0.2) is 28.6 Å². The predicted molar refractivity (Wildman–Crippen MR) is 107 cm³/mol. The van der Waals surface area contributed by atoms with Crippen molar-refractivity contribution in [3.63, 3.8) is 0 Å². The Balaban J connectivity index is 3.17. The molecule has 1 aromatic rings. The second kappa shape index (κ2) is 11.5. The fourth-order valence-electron chi connectivity index (χ4n) is 2.81. The summed E-state index contributed by atoms with van der Waals surface area (Å²) in [6.45, 7) is 7.14. The molecule has 0 aliphatic heterocycles. The standard InChI is InChI=1S/C17H24Cl2N4O3Si/c1-4-24-27(25-5-2,26-6-3)9-7-8-12-13(10-20)15(18)14(11-21)17(23-22)16(12)19/h23H,4-9,22H2,1-3H3. The second-order valence-electron chi connectivity index (χ2n) is 5.44. The number of rotatable bonds is 11. The van der Waals surface area contributed by atoms with Crippen LogP contribution in [0.4, 0.5) is 5.69 Å². The Bertz CT molecular complexity index is 714. The zero-order chi connectivity index (χ0) is 20.4. The van der Waals surface area contributed by atoms with Gasteiger partial charge in [0.1, 0.15) is 12.1 Å². The third kappa shape index (κ3) is 5.56. The van der Waals surface area contributed by atoms with E-state index in [1.54, 1.807) is 0 Å². The van der Waals surface area contributed by atoms with Crippen LogP contribution in [0.3, 0.4) is 0 Å². The maximum atomic E-state index is 9.50. The maximum absolute atomic E-state index is 9.50. The number of hydrogen-bond donors (Lipinski definition) is 2. The Labute approximate surface area is 171 Å². The minimum Gasteiger partial charge on any atom is -0.374 e. The molecule has 148 valence electrons. The van der Waals surface area contributed by atoms with Crippen LogP contribution in [0.1, 0.15) is 43.9 Å². The summed E-state index contributed by atoms with van der Waals surface area (Å²) < 4.78 is 17.5. The van der Waals surface area contributed by atoms with Gasteiger partial charge in [-0.2, -0.15) is 10.5 Å². The Kier molecular flexibility index (Phi) is 10.1. The van der Waals surface area contributed by atoms with E-state index < -0.39 is 8.80 Å². The molecule has 0 saturated carbocycles. The molecule has 0 amide bonds. The van der Waals surface area contributed by atoms with Crippen molar-refractivity contribution in [2.45, 2.75) is 39.7 Å². The summed E-state index contributed by atoms with van der Waals surface area (Å²) in [7, 11) is -2.80. The van der Waals surface area contributed by atoms with Gasteiger partial charge in [-0.1, -0.05) is 23.2 Å². The number of halogens is 2. The van der Waals surface area contributed by atoms with Gasteiger partial charge in [-0.05, 0) is 39.2 Å². The summed E-state index contributed by atoms with van der Waals surface area (Å²) in [6.07, 6.45) is 1.04. The molecule has 1 aromatic carbocycles. The van der Waals surface area contributed by atoms with Gasteiger partial charge in [-0.15, -0.1) is 0 Å². The van der Waals surface area contributed by atoms with Crippen molar-refractivity contribution in [3.05, 3.63) is 26.7 Å². The van der Waals surface area contributed by atoms with E-state index in [0.717, 1.165) is 0 Å². The number of benzene rings is 1. The van der Waals surface area contributed by atoms with Crippen molar-refractivity contribution in [2.24, 2.45) is 5.84 Å². The molecule has 0 aliphatic rings. The van der Waals surface area contributed by atoms with E-state index in [1.807, 2.05) is 32.9 Å². The van der Waals surface area contributed by atoms with E-state index in [0.29, 0.717) is 44.3 Å². The van der Waals surface area contributed by atoms with Gasteiger partial charge in [0.25, 0.3) is 0 Å². The SMILES string of the molecule is CCO[Si](CCCc1c(Cl)c(NN)c(C#N)c(Cl)c1C#N)(OCC)OCC. The fraction of sp³-hybridized carbons (Fsp3) is 0.529. The highest BCUT2D eigenvalue weighted by Gasteiger charge is 2.39. The first-order valence-corrected chi connectivity index (χ1v) is 11.4. The molecule has 0 heterocycles. The Morgan fingerprint density at radius 1 is 0.963 bits per heavy atom. The first-order chi connectivity index (χ1) is 12.9. The van der Waals surface area contributed by atoms with E-state index in [-0.39, 0.29) is 26.9 Å². The van der Waals surface area contributed by atoms with Crippen molar-refractivity contribution < 1.29 is 13.3 Å². The average Bonchev–Trinajstić information content (AvgIpc) is 2.64. The van der Waals surface area contributed by atoms with Crippen molar-refractivity contribution in [1.29, 1.82) is 10.5 Å². The number of hydrazine groups is 1. The summed E-state index contributed by atoms with van der Waals surface area (Å²) in [5.41, 5.74) is 3.36. The lowest BCUT2D eigenvalue weighted by atomic mass is 9.99. The smallest absolute Gasteiger partial charge is 0.374 e. The number of nitrogen functional groups attached to an aromatic ring is 1. The quantitative estimate of drug-likeness (QED) is 0.309. The van der Waals surface area contributed by atoms with E-state index in [2.05, 4.69) is 5.43 Å². The van der Waals surface area contributed by atoms with E-state index in [4.69, 9.17) is 42.3 Å². The first kappa shape index (κ1) is 23.7. The van der Waals surface area contributed by atoms with Gasteiger partial charge in [-0.3, -0.25) is 5.84 Å². The van der Waals surface area contributed by atoms with Gasteiger partial charge < -0.3 is 18.7 Å². The molecule has 3 N–H and O–H groups in total. The van der Waals surface area contributed by atoms with Crippen LogP contribution in [0.25, 0.3) is 0 Å². The minimum atomic E-state index is -2.80. The van der Waals surface area contributed by atoms with Crippen molar-refractivity contribution in [2.75, 3.05) is 25.2 Å². The molecular weight excluding hydrogens is 407 g/mol. The monoisotopic (exact) mass is 430 g/mol. The Morgan fingerprint density at radius 2 is 1.48 bits per heavy atom. The number of nitrogens with two attached hydrogens (primary N) is 1. The summed E-state index contributed by atoms with van der Waals surface area (Å²) in [5, 5.41) is 19.0. The van der Waals surface area contributed by atoms with Crippen LogP contribution in [0, 0.1) is 22.7 Å². The van der Waals surface area contributed by atoms with Gasteiger partial charge in [0.15, 0.2) is 0 Å². The normalized spacial score (nSPS) is 11.1.